The molecule has 1 rings (SSSR count). The van der Waals surface area contributed by atoms with Crippen LogP contribution in [-0.2, 0) is 6.42 Å². The average molecular weight is 265 g/mol. The quantitative estimate of drug-likeness (QED) is 0.721. The lowest BCUT2D eigenvalue weighted by Crippen LogP contribution is -2.29. The van der Waals surface area contributed by atoms with Gasteiger partial charge in [0.15, 0.2) is 0 Å². The van der Waals surface area contributed by atoms with Gasteiger partial charge in [-0.05, 0) is 56.8 Å². The van der Waals surface area contributed by atoms with Crippen molar-refractivity contribution in [2.45, 2.75) is 51.7 Å². The van der Waals surface area contributed by atoms with Crippen molar-refractivity contribution in [3.05, 3.63) is 29.8 Å². The summed E-state index contributed by atoms with van der Waals surface area (Å²) >= 11 is 0. The summed E-state index contributed by atoms with van der Waals surface area (Å²) in [7, 11) is 1.69. The van der Waals surface area contributed by atoms with Gasteiger partial charge in [-0.15, -0.1) is 0 Å². The highest BCUT2D eigenvalue weighted by atomic mass is 16.5. The highest BCUT2D eigenvalue weighted by Crippen LogP contribution is 2.13. The van der Waals surface area contributed by atoms with Gasteiger partial charge < -0.3 is 15.2 Å². The summed E-state index contributed by atoms with van der Waals surface area (Å²) in [6.45, 7) is 5.10. The molecule has 0 amide bonds. The third-order valence-electron chi connectivity index (χ3n) is 3.47. The van der Waals surface area contributed by atoms with E-state index in [-0.39, 0.29) is 6.10 Å². The molecule has 0 bridgehead atoms. The number of ether oxygens (including phenoxy) is 1. The first-order valence-electron chi connectivity index (χ1n) is 7.20. The van der Waals surface area contributed by atoms with Crippen molar-refractivity contribution in [3.8, 4) is 5.75 Å². The highest BCUT2D eigenvalue weighted by molar-refractivity contribution is 5.27. The second-order valence-corrected chi connectivity index (χ2v) is 5.09. The molecule has 0 aromatic heterocycles. The molecular formula is C16H27NO2. The highest BCUT2D eigenvalue weighted by Gasteiger charge is 2.04. The summed E-state index contributed by atoms with van der Waals surface area (Å²) in [6, 6.07) is 8.72. The maximum absolute atomic E-state index is 9.48. The van der Waals surface area contributed by atoms with Crippen LogP contribution >= 0.6 is 0 Å². The maximum Gasteiger partial charge on any atom is 0.118 e. The van der Waals surface area contributed by atoms with Crippen LogP contribution in [0.4, 0.5) is 0 Å². The molecule has 1 aromatic rings. The third kappa shape index (κ3) is 6.60. The van der Waals surface area contributed by atoms with E-state index in [4.69, 9.17) is 4.74 Å². The van der Waals surface area contributed by atoms with Gasteiger partial charge in [-0.2, -0.15) is 0 Å². The number of benzene rings is 1. The summed E-state index contributed by atoms with van der Waals surface area (Å²) in [5.74, 6) is 0.906. The molecule has 0 spiro atoms. The van der Waals surface area contributed by atoms with Crippen LogP contribution < -0.4 is 10.1 Å². The molecule has 1 aromatic carbocycles. The topological polar surface area (TPSA) is 41.5 Å². The van der Waals surface area contributed by atoms with E-state index in [0.29, 0.717) is 6.04 Å². The van der Waals surface area contributed by atoms with E-state index in [1.807, 2.05) is 19.1 Å². The van der Waals surface area contributed by atoms with Crippen molar-refractivity contribution in [1.29, 1.82) is 0 Å². The van der Waals surface area contributed by atoms with Crippen LogP contribution in [0.15, 0.2) is 24.3 Å². The maximum atomic E-state index is 9.48. The lowest BCUT2D eigenvalue weighted by Gasteiger charge is -2.15. The number of aliphatic hydroxyl groups excluding tert-OH is 1. The zero-order valence-electron chi connectivity index (χ0n) is 12.4. The minimum absolute atomic E-state index is 0.165. The summed E-state index contributed by atoms with van der Waals surface area (Å²) in [6.07, 6.45) is 3.68. The fourth-order valence-corrected chi connectivity index (χ4v) is 1.98. The number of hydrogen-bond acceptors (Lipinski definition) is 3. The number of aliphatic hydroxyl groups is 1. The molecule has 0 fully saturated rings. The number of hydrogen-bond donors (Lipinski definition) is 2. The minimum atomic E-state index is -0.165. The van der Waals surface area contributed by atoms with Crippen molar-refractivity contribution in [2.24, 2.45) is 0 Å². The predicted octanol–water partition coefficient (Wildman–Crippen LogP) is 2.77. The minimum Gasteiger partial charge on any atom is -0.497 e. The van der Waals surface area contributed by atoms with E-state index in [9.17, 15) is 5.11 Å². The Morgan fingerprint density at radius 3 is 2.47 bits per heavy atom. The molecule has 3 nitrogen and oxygen atoms in total. The molecule has 3 heteroatoms. The van der Waals surface area contributed by atoms with Crippen molar-refractivity contribution in [1.82, 2.24) is 5.32 Å². The average Bonchev–Trinajstić information content (AvgIpc) is 2.45. The fourth-order valence-electron chi connectivity index (χ4n) is 1.98. The zero-order valence-corrected chi connectivity index (χ0v) is 12.4. The summed E-state index contributed by atoms with van der Waals surface area (Å²) in [5.41, 5.74) is 1.34. The smallest absolute Gasteiger partial charge is 0.118 e. The van der Waals surface area contributed by atoms with Crippen molar-refractivity contribution >= 4 is 0 Å². The molecule has 0 radical (unpaired) electrons. The van der Waals surface area contributed by atoms with Crippen LogP contribution in [0.5, 0.6) is 5.75 Å². The Kier molecular flexibility index (Phi) is 7.53. The molecule has 0 heterocycles. The van der Waals surface area contributed by atoms with Gasteiger partial charge in [0, 0.05) is 6.04 Å². The molecule has 0 saturated carbocycles. The van der Waals surface area contributed by atoms with Gasteiger partial charge in [0.25, 0.3) is 0 Å². The Hall–Kier alpha value is -1.06. The van der Waals surface area contributed by atoms with Crippen LogP contribution in [0, 0.1) is 0 Å². The van der Waals surface area contributed by atoms with Gasteiger partial charge in [0.2, 0.25) is 0 Å². The van der Waals surface area contributed by atoms with E-state index < -0.39 is 0 Å². The van der Waals surface area contributed by atoms with Crippen molar-refractivity contribution in [3.63, 3.8) is 0 Å². The third-order valence-corrected chi connectivity index (χ3v) is 3.47. The molecule has 108 valence electrons. The number of nitrogens with one attached hydrogen (secondary N) is 1. The van der Waals surface area contributed by atoms with Crippen molar-refractivity contribution in [2.75, 3.05) is 13.7 Å². The predicted molar refractivity (Wildman–Crippen MR) is 79.7 cm³/mol. The molecular weight excluding hydrogens is 238 g/mol. The second kappa shape index (κ2) is 8.94. The fraction of sp³-hybridized carbons (Fsp3) is 0.625. The molecule has 0 saturated heterocycles. The van der Waals surface area contributed by atoms with Crippen LogP contribution in [0.2, 0.25) is 0 Å². The van der Waals surface area contributed by atoms with Crippen LogP contribution in [-0.4, -0.2) is 30.9 Å². The Morgan fingerprint density at radius 1 is 1.21 bits per heavy atom. The first-order valence-corrected chi connectivity index (χ1v) is 7.20. The van der Waals surface area contributed by atoms with E-state index in [1.165, 1.54) is 5.56 Å². The Balaban J connectivity index is 2.20. The van der Waals surface area contributed by atoms with Crippen LogP contribution in [0.3, 0.4) is 0 Å². The van der Waals surface area contributed by atoms with Gasteiger partial charge in [0.1, 0.15) is 5.75 Å². The van der Waals surface area contributed by atoms with Crippen LogP contribution in [0.25, 0.3) is 0 Å². The zero-order chi connectivity index (χ0) is 14.1. The molecule has 2 atom stereocenters. The lowest BCUT2D eigenvalue weighted by molar-refractivity contribution is 0.158. The number of aryl methyl sites for hydroxylation is 1. The van der Waals surface area contributed by atoms with E-state index >= 15 is 0 Å². The van der Waals surface area contributed by atoms with Gasteiger partial charge in [-0.25, -0.2) is 0 Å². The van der Waals surface area contributed by atoms with Gasteiger partial charge in [-0.1, -0.05) is 19.1 Å². The first kappa shape index (κ1) is 16.0. The molecule has 2 unspecified atom stereocenters. The van der Waals surface area contributed by atoms with Crippen LogP contribution in [0.1, 0.15) is 38.7 Å². The number of rotatable bonds is 9. The standard InChI is InChI=1S/C16H27NO2/c1-4-15(18)11-12-17-13(2)5-6-14-7-9-16(19-3)10-8-14/h7-10,13,15,17-18H,4-6,11-12H2,1-3H3. The Labute approximate surface area is 117 Å². The van der Waals surface area contributed by atoms with Gasteiger partial charge >= 0.3 is 0 Å². The molecule has 0 aliphatic heterocycles. The molecule has 0 aliphatic rings. The Morgan fingerprint density at radius 2 is 1.89 bits per heavy atom. The summed E-state index contributed by atoms with van der Waals surface area (Å²) in [5, 5.41) is 12.9. The van der Waals surface area contributed by atoms with E-state index in [1.54, 1.807) is 7.11 Å². The molecule has 0 aliphatic carbocycles. The van der Waals surface area contributed by atoms with Gasteiger partial charge in [-0.3, -0.25) is 0 Å². The van der Waals surface area contributed by atoms with E-state index in [2.05, 4.69) is 24.4 Å². The lowest BCUT2D eigenvalue weighted by atomic mass is 10.1. The summed E-state index contributed by atoms with van der Waals surface area (Å²) < 4.78 is 5.14. The van der Waals surface area contributed by atoms with Gasteiger partial charge in [0.05, 0.1) is 13.2 Å². The summed E-state index contributed by atoms with van der Waals surface area (Å²) in [4.78, 5) is 0. The SMILES string of the molecule is CCC(O)CCNC(C)CCc1ccc(OC)cc1. The second-order valence-electron chi connectivity index (χ2n) is 5.09. The Bertz CT molecular complexity index is 337. The first-order chi connectivity index (χ1) is 9.15. The van der Waals surface area contributed by atoms with E-state index in [0.717, 1.165) is 38.0 Å². The monoisotopic (exact) mass is 265 g/mol. The molecule has 2 N–H and O–H groups in total. The van der Waals surface area contributed by atoms with Crippen molar-refractivity contribution < 1.29 is 9.84 Å². The largest absolute Gasteiger partial charge is 0.497 e. The normalized spacial score (nSPS) is 14.1. The number of methoxy groups -OCH3 is 1. The molecule has 19 heavy (non-hydrogen) atoms.